The van der Waals surface area contributed by atoms with Gasteiger partial charge in [0.15, 0.2) is 0 Å². The molecule has 0 heterocycles. The molecule has 0 aliphatic heterocycles. The molecule has 0 atom stereocenters. The maximum absolute atomic E-state index is 2.63. The highest BCUT2D eigenvalue weighted by atomic mass is 28.3. The molecule has 0 unspecified atom stereocenters. The van der Waals surface area contributed by atoms with Crippen molar-refractivity contribution in [1.29, 1.82) is 0 Å². The van der Waals surface area contributed by atoms with Crippen LogP contribution in [-0.2, 0) is 0 Å². The Balaban J connectivity index is 1.68. The summed E-state index contributed by atoms with van der Waals surface area (Å²) < 4.78 is 0. The molecular weight excluding hydrogens is 356 g/mol. The molecule has 0 radical (unpaired) electrons. The lowest BCUT2D eigenvalue weighted by Crippen LogP contribution is -2.43. The van der Waals surface area contributed by atoms with Gasteiger partial charge in [-0.1, -0.05) is 125 Å². The van der Waals surface area contributed by atoms with Gasteiger partial charge in [-0.2, -0.15) is 0 Å². The third-order valence-electron chi connectivity index (χ3n) is 7.12. The fraction of sp³-hybridized carbons (Fsp3) is 0.360. The Morgan fingerprint density at radius 2 is 1.04 bits per heavy atom. The Kier molecular flexibility index (Phi) is 5.38. The van der Waals surface area contributed by atoms with Crippen LogP contribution in [0.4, 0.5) is 0 Å². The van der Waals surface area contributed by atoms with E-state index in [1.165, 1.54) is 18.1 Å². The number of rotatable bonds is 8. The molecule has 0 amide bonds. The summed E-state index contributed by atoms with van der Waals surface area (Å²) in [5.74, 6) is 0. The zero-order valence-electron chi connectivity index (χ0n) is 16.9. The predicted octanol–water partition coefficient (Wildman–Crippen LogP) is 7.24. The lowest BCUT2D eigenvalue weighted by Gasteiger charge is -2.37. The van der Waals surface area contributed by atoms with Crippen molar-refractivity contribution in [3.8, 4) is 0 Å². The minimum atomic E-state index is -1.63. The smallest absolute Gasteiger partial charge is 0.0811 e. The molecule has 2 heteroatoms. The Morgan fingerprint density at radius 3 is 1.37 bits per heavy atom. The minimum Gasteiger partial charge on any atom is -0.0811 e. The van der Waals surface area contributed by atoms with E-state index in [1.807, 2.05) is 0 Å². The van der Waals surface area contributed by atoms with Gasteiger partial charge in [0, 0.05) is 0 Å². The van der Waals surface area contributed by atoms with Crippen LogP contribution in [-0.4, -0.2) is 16.1 Å². The molecule has 0 saturated heterocycles. The first kappa shape index (κ1) is 18.7. The van der Waals surface area contributed by atoms with Crippen molar-refractivity contribution in [2.75, 3.05) is 0 Å². The van der Waals surface area contributed by atoms with Crippen LogP contribution >= 0.6 is 0 Å². The molecular formula is C25H32Si2. The average molecular weight is 389 g/mol. The Morgan fingerprint density at radius 1 is 0.630 bits per heavy atom. The van der Waals surface area contributed by atoms with Crippen LogP contribution in [0.15, 0.2) is 93.7 Å². The molecule has 0 aromatic carbocycles. The maximum atomic E-state index is 2.63. The third-order valence-corrected chi connectivity index (χ3v) is 17.4. The number of allylic oxidation sites excluding steroid dienone is 16. The second-order valence-electron chi connectivity index (χ2n) is 8.46. The van der Waals surface area contributed by atoms with Crippen LogP contribution in [0.5, 0.6) is 0 Å². The summed E-state index contributed by atoms with van der Waals surface area (Å²) in [5, 5.41) is 6.74. The monoisotopic (exact) mass is 388 g/mol. The van der Waals surface area contributed by atoms with Crippen molar-refractivity contribution < 1.29 is 0 Å². The van der Waals surface area contributed by atoms with Gasteiger partial charge < -0.3 is 0 Å². The lowest BCUT2D eigenvalue weighted by atomic mass is 10.5. The molecule has 0 spiro atoms. The van der Waals surface area contributed by atoms with Crippen LogP contribution in [0.25, 0.3) is 0 Å². The van der Waals surface area contributed by atoms with E-state index >= 15 is 0 Å². The summed E-state index contributed by atoms with van der Waals surface area (Å²) in [6, 6.07) is 4.11. The molecule has 0 aromatic heterocycles. The van der Waals surface area contributed by atoms with Gasteiger partial charge in [0.2, 0.25) is 0 Å². The quantitative estimate of drug-likeness (QED) is 0.384. The predicted molar refractivity (Wildman–Crippen MR) is 125 cm³/mol. The summed E-state index contributed by atoms with van der Waals surface area (Å²) in [5.41, 5.74) is 0. The summed E-state index contributed by atoms with van der Waals surface area (Å²) in [6.45, 7) is 5.08. The molecule has 0 nitrogen and oxygen atoms in total. The van der Waals surface area contributed by atoms with Crippen molar-refractivity contribution in [3.05, 3.63) is 93.7 Å². The Hall–Kier alpha value is -1.65. The molecule has 0 N–H and O–H groups in total. The van der Waals surface area contributed by atoms with Gasteiger partial charge in [-0.05, 0) is 25.7 Å². The van der Waals surface area contributed by atoms with Crippen LogP contribution < -0.4 is 0 Å². The number of hydrogen-bond donors (Lipinski definition) is 0. The van der Waals surface area contributed by atoms with E-state index in [4.69, 9.17) is 0 Å². The maximum Gasteiger partial charge on any atom is 0.116 e. The molecule has 0 bridgehead atoms. The lowest BCUT2D eigenvalue weighted by molar-refractivity contribution is 1.22. The van der Waals surface area contributed by atoms with E-state index < -0.39 is 16.1 Å². The minimum absolute atomic E-state index is 1.13. The molecule has 0 saturated carbocycles. The highest BCUT2D eigenvalue weighted by Crippen LogP contribution is 2.43. The molecule has 4 aliphatic carbocycles. The van der Waals surface area contributed by atoms with Gasteiger partial charge in [-0.15, -0.1) is 0 Å². The van der Waals surface area contributed by atoms with Gasteiger partial charge in [0.25, 0.3) is 0 Å². The Bertz CT molecular complexity index is 780. The molecule has 4 rings (SSSR count). The molecule has 0 aromatic rings. The molecule has 27 heavy (non-hydrogen) atoms. The molecule has 0 fully saturated rings. The van der Waals surface area contributed by atoms with E-state index in [0.717, 1.165) is 25.7 Å². The molecule has 4 aliphatic rings. The van der Waals surface area contributed by atoms with E-state index in [1.54, 1.807) is 20.8 Å². The Labute approximate surface area is 167 Å². The fourth-order valence-corrected chi connectivity index (χ4v) is 16.0. The first-order valence-electron chi connectivity index (χ1n) is 10.7. The van der Waals surface area contributed by atoms with Crippen molar-refractivity contribution in [3.63, 3.8) is 0 Å². The second-order valence-corrected chi connectivity index (χ2v) is 17.3. The van der Waals surface area contributed by atoms with Gasteiger partial charge in [-0.25, -0.2) is 0 Å². The second kappa shape index (κ2) is 7.77. The number of hydrogen-bond acceptors (Lipinski definition) is 0. The van der Waals surface area contributed by atoms with E-state index in [2.05, 4.69) is 86.4 Å². The van der Waals surface area contributed by atoms with Gasteiger partial charge in [0.05, 0.1) is 0 Å². The zero-order valence-corrected chi connectivity index (χ0v) is 18.9. The van der Waals surface area contributed by atoms with E-state index in [0.29, 0.717) is 0 Å². The third kappa shape index (κ3) is 3.34. The van der Waals surface area contributed by atoms with E-state index in [-0.39, 0.29) is 0 Å². The van der Waals surface area contributed by atoms with Crippen molar-refractivity contribution in [2.45, 2.75) is 57.3 Å². The summed E-state index contributed by atoms with van der Waals surface area (Å²) in [6.07, 6.45) is 33.9. The first-order valence-corrected chi connectivity index (χ1v) is 15.8. The fourth-order valence-electron chi connectivity index (χ4n) is 5.32. The van der Waals surface area contributed by atoms with Crippen molar-refractivity contribution >= 4 is 16.1 Å². The topological polar surface area (TPSA) is 0 Å². The normalized spacial score (nSPS) is 21.1. The van der Waals surface area contributed by atoms with Gasteiger partial charge in [-0.3, -0.25) is 0 Å². The van der Waals surface area contributed by atoms with Crippen molar-refractivity contribution in [2.24, 2.45) is 0 Å². The summed E-state index contributed by atoms with van der Waals surface area (Å²) in [7, 11) is -3.26. The average Bonchev–Trinajstić information content (AvgIpc) is 3.51. The van der Waals surface area contributed by atoms with Gasteiger partial charge >= 0.3 is 0 Å². The highest BCUT2D eigenvalue weighted by Gasteiger charge is 2.42. The van der Waals surface area contributed by atoms with Crippen LogP contribution in [0.3, 0.4) is 0 Å². The summed E-state index contributed by atoms with van der Waals surface area (Å²) in [4.78, 5) is 0. The largest absolute Gasteiger partial charge is 0.116 e. The van der Waals surface area contributed by atoms with Crippen LogP contribution in [0.1, 0.15) is 32.6 Å². The standard InChI is InChI=1S/C25H32Si2/c1-3-27(24-16-8-9-17-24,25-18-10-11-19-25)21-20-26(2,22-12-4-5-13-22)23-14-6-7-15-23/h4,6,8,10,12-19H,3,5,7,9,11,20-21H2,1-2H3. The van der Waals surface area contributed by atoms with Gasteiger partial charge in [0.1, 0.15) is 16.1 Å². The first-order chi connectivity index (χ1) is 13.2. The van der Waals surface area contributed by atoms with Crippen LogP contribution in [0.2, 0.25) is 24.7 Å². The molecule has 140 valence electrons. The van der Waals surface area contributed by atoms with Crippen molar-refractivity contribution in [1.82, 2.24) is 0 Å². The van der Waals surface area contributed by atoms with Crippen LogP contribution in [0, 0.1) is 0 Å². The SMILES string of the molecule is CC[Si](CC[Si](C)(C1=CCC=C1)C1=CCC=C1)(C1=CCC=C1)C1=CCC=C1. The zero-order chi connectivity index (χ0) is 18.7. The summed E-state index contributed by atoms with van der Waals surface area (Å²) >= 11 is 0. The van der Waals surface area contributed by atoms with E-state index in [9.17, 15) is 0 Å². The highest BCUT2D eigenvalue weighted by molar-refractivity contribution is 6.98.